The fourth-order valence-electron chi connectivity index (χ4n) is 3.78. The Bertz CT molecular complexity index is 1090. The van der Waals surface area contributed by atoms with Crippen molar-refractivity contribution in [3.05, 3.63) is 83.4 Å². The molecule has 32 heavy (non-hydrogen) atoms. The van der Waals surface area contributed by atoms with Gasteiger partial charge in [0, 0.05) is 25.2 Å². The second-order valence-corrected chi connectivity index (χ2v) is 8.08. The zero-order chi connectivity index (χ0) is 22.5. The van der Waals surface area contributed by atoms with E-state index < -0.39 is 5.82 Å². The molecule has 0 saturated carbocycles. The van der Waals surface area contributed by atoms with Crippen LogP contribution in [0.25, 0.3) is 11.1 Å². The molecule has 0 bridgehead atoms. The molecule has 7 heteroatoms. The molecular formula is C25H22ClFN2O3. The molecule has 5 nitrogen and oxygen atoms in total. The maximum absolute atomic E-state index is 13.4. The average molecular weight is 453 g/mol. The Morgan fingerprint density at radius 3 is 2.41 bits per heavy atom. The van der Waals surface area contributed by atoms with Crippen LogP contribution in [0.5, 0.6) is 5.75 Å². The number of pyridine rings is 1. The minimum atomic E-state index is -0.460. The summed E-state index contributed by atoms with van der Waals surface area (Å²) >= 11 is 5.88. The number of benzene rings is 2. The van der Waals surface area contributed by atoms with Crippen LogP contribution in [0.1, 0.15) is 24.8 Å². The molecule has 2 amide bonds. The molecule has 1 aliphatic rings. The Labute approximate surface area is 190 Å². The fourth-order valence-corrected chi connectivity index (χ4v) is 3.96. The number of hydrogen-bond acceptors (Lipinski definition) is 4. The van der Waals surface area contributed by atoms with E-state index in [2.05, 4.69) is 4.98 Å². The van der Waals surface area contributed by atoms with Crippen molar-refractivity contribution in [1.29, 1.82) is 0 Å². The highest BCUT2D eigenvalue weighted by Gasteiger charge is 2.35. The van der Waals surface area contributed by atoms with E-state index in [-0.39, 0.29) is 42.3 Å². The van der Waals surface area contributed by atoms with Gasteiger partial charge in [-0.1, -0.05) is 35.9 Å². The van der Waals surface area contributed by atoms with E-state index >= 15 is 0 Å². The molecule has 0 radical (unpaired) electrons. The minimum absolute atomic E-state index is 0.0687. The minimum Gasteiger partial charge on any atom is -0.491 e. The van der Waals surface area contributed by atoms with Crippen LogP contribution in [0.4, 0.5) is 4.39 Å². The quantitative estimate of drug-likeness (QED) is 0.448. The molecule has 1 fully saturated rings. The Hall–Kier alpha value is -3.25. The van der Waals surface area contributed by atoms with E-state index in [4.69, 9.17) is 16.3 Å². The first-order chi connectivity index (χ1) is 15.5. The second-order valence-electron chi connectivity index (χ2n) is 7.68. The normalized spacial score (nSPS) is 14.6. The number of hydrogen-bond donors (Lipinski definition) is 0. The van der Waals surface area contributed by atoms with Crippen LogP contribution < -0.4 is 4.74 Å². The lowest BCUT2D eigenvalue weighted by Crippen LogP contribution is -2.43. The Morgan fingerprint density at radius 2 is 1.75 bits per heavy atom. The van der Waals surface area contributed by atoms with E-state index in [1.54, 1.807) is 36.7 Å². The van der Waals surface area contributed by atoms with Crippen molar-refractivity contribution in [1.82, 2.24) is 9.88 Å². The molecule has 1 saturated heterocycles. The van der Waals surface area contributed by atoms with Gasteiger partial charge in [-0.3, -0.25) is 19.5 Å². The number of rotatable bonds is 8. The van der Waals surface area contributed by atoms with Crippen LogP contribution >= 0.6 is 11.6 Å². The van der Waals surface area contributed by atoms with Crippen LogP contribution in [-0.4, -0.2) is 34.3 Å². The predicted molar refractivity (Wildman–Crippen MR) is 120 cm³/mol. The van der Waals surface area contributed by atoms with Gasteiger partial charge in [0.05, 0.1) is 11.1 Å². The molecule has 2 heterocycles. The lowest BCUT2D eigenvalue weighted by Gasteiger charge is -2.26. The molecule has 164 valence electrons. The zero-order valence-corrected chi connectivity index (χ0v) is 18.1. The number of carbonyl (C=O) groups is 2. The monoisotopic (exact) mass is 452 g/mol. The summed E-state index contributed by atoms with van der Waals surface area (Å²) in [4.78, 5) is 30.1. The number of likely N-dealkylation sites (tertiary alicyclic amines) is 1. The van der Waals surface area contributed by atoms with Gasteiger partial charge in [-0.2, -0.15) is 0 Å². The molecule has 0 unspecified atom stereocenters. The molecule has 1 aromatic heterocycles. The molecule has 1 atom stereocenters. The van der Waals surface area contributed by atoms with Crippen molar-refractivity contribution >= 4 is 23.4 Å². The van der Waals surface area contributed by atoms with E-state index in [1.165, 1.54) is 11.0 Å². The number of halogens is 2. The maximum Gasteiger partial charge on any atom is 0.230 e. The van der Waals surface area contributed by atoms with Gasteiger partial charge in [-0.25, -0.2) is 4.39 Å². The summed E-state index contributed by atoms with van der Waals surface area (Å²) in [7, 11) is 0. The van der Waals surface area contributed by atoms with Crippen molar-refractivity contribution in [2.75, 3.05) is 6.61 Å². The summed E-state index contributed by atoms with van der Waals surface area (Å²) in [5.74, 6) is -0.150. The van der Waals surface area contributed by atoms with Crippen molar-refractivity contribution in [2.45, 2.75) is 31.7 Å². The Morgan fingerprint density at radius 1 is 1.03 bits per heavy atom. The van der Waals surface area contributed by atoms with Gasteiger partial charge in [0.1, 0.15) is 18.2 Å². The van der Waals surface area contributed by atoms with Gasteiger partial charge in [-0.15, -0.1) is 0 Å². The first kappa shape index (κ1) is 22.0. The third kappa shape index (κ3) is 5.14. The highest BCUT2D eigenvalue weighted by molar-refractivity contribution is 6.31. The molecule has 0 spiro atoms. The fraction of sp³-hybridized carbons (Fsp3) is 0.240. The lowest BCUT2D eigenvalue weighted by atomic mass is 10.1. The summed E-state index contributed by atoms with van der Waals surface area (Å²) in [6.45, 7) is 0.208. The number of imide groups is 1. The van der Waals surface area contributed by atoms with Crippen LogP contribution in [0.2, 0.25) is 5.02 Å². The van der Waals surface area contributed by atoms with Gasteiger partial charge in [0.25, 0.3) is 0 Å². The van der Waals surface area contributed by atoms with Gasteiger partial charge in [0.15, 0.2) is 0 Å². The summed E-state index contributed by atoms with van der Waals surface area (Å²) in [6.07, 6.45) is 5.26. The van der Waals surface area contributed by atoms with Crippen LogP contribution in [0.3, 0.4) is 0 Å². The number of aromatic nitrogens is 1. The average Bonchev–Trinajstić information content (AvgIpc) is 3.15. The van der Waals surface area contributed by atoms with E-state index in [1.807, 2.05) is 24.3 Å². The highest BCUT2D eigenvalue weighted by atomic mass is 35.5. The SMILES string of the molecule is O=C1CCC(=O)N1[C@H](CCc1cccnc1)COc1ccc(-c2ccc(F)c(Cl)c2)cc1. The zero-order valence-electron chi connectivity index (χ0n) is 17.3. The summed E-state index contributed by atoms with van der Waals surface area (Å²) in [6, 6.07) is 15.4. The summed E-state index contributed by atoms with van der Waals surface area (Å²) in [5.41, 5.74) is 2.71. The molecule has 4 rings (SSSR count). The molecule has 3 aromatic rings. The van der Waals surface area contributed by atoms with Crippen LogP contribution in [-0.2, 0) is 16.0 Å². The number of amides is 2. The highest BCUT2D eigenvalue weighted by Crippen LogP contribution is 2.27. The van der Waals surface area contributed by atoms with E-state index in [0.717, 1.165) is 16.7 Å². The van der Waals surface area contributed by atoms with Crippen molar-refractivity contribution < 1.29 is 18.7 Å². The van der Waals surface area contributed by atoms with Gasteiger partial charge in [0.2, 0.25) is 11.8 Å². The Kier molecular flexibility index (Phi) is 6.81. The number of carbonyl (C=O) groups excluding carboxylic acids is 2. The number of nitrogens with zero attached hydrogens (tertiary/aromatic N) is 2. The van der Waals surface area contributed by atoms with Gasteiger partial charge < -0.3 is 4.74 Å². The molecule has 1 aliphatic heterocycles. The summed E-state index contributed by atoms with van der Waals surface area (Å²) in [5, 5.41) is 0.0687. The largest absolute Gasteiger partial charge is 0.491 e. The maximum atomic E-state index is 13.4. The topological polar surface area (TPSA) is 59.5 Å². The third-order valence-corrected chi connectivity index (χ3v) is 5.78. The van der Waals surface area contributed by atoms with Crippen LogP contribution in [0.15, 0.2) is 67.0 Å². The van der Waals surface area contributed by atoms with Crippen LogP contribution in [0, 0.1) is 5.82 Å². The second kappa shape index (κ2) is 9.92. The molecule has 2 aromatic carbocycles. The predicted octanol–water partition coefficient (Wildman–Crippen LogP) is 5.07. The summed E-state index contributed by atoms with van der Waals surface area (Å²) < 4.78 is 19.4. The van der Waals surface area contributed by atoms with Gasteiger partial charge >= 0.3 is 0 Å². The number of aryl methyl sites for hydroxylation is 1. The van der Waals surface area contributed by atoms with E-state index in [0.29, 0.717) is 18.6 Å². The first-order valence-electron chi connectivity index (χ1n) is 10.4. The van der Waals surface area contributed by atoms with Crippen molar-refractivity contribution in [2.24, 2.45) is 0 Å². The third-order valence-electron chi connectivity index (χ3n) is 5.49. The molecule has 0 N–H and O–H groups in total. The number of ether oxygens (including phenoxy) is 1. The standard InChI is InChI=1S/C25H22ClFN2O3/c26-22-14-19(6-10-23(22)27)18-4-8-21(9-5-18)32-16-20(29-24(30)11-12-25(29)31)7-3-17-2-1-13-28-15-17/h1-2,4-6,8-10,13-15,20H,3,7,11-12,16H2/t20-/m1/s1. The molecule has 0 aliphatic carbocycles. The smallest absolute Gasteiger partial charge is 0.230 e. The lowest BCUT2D eigenvalue weighted by molar-refractivity contribution is -0.142. The van der Waals surface area contributed by atoms with Crippen molar-refractivity contribution in [3.63, 3.8) is 0 Å². The van der Waals surface area contributed by atoms with E-state index in [9.17, 15) is 14.0 Å². The Balaban J connectivity index is 1.44. The van der Waals surface area contributed by atoms with Crippen molar-refractivity contribution in [3.8, 4) is 16.9 Å². The first-order valence-corrected chi connectivity index (χ1v) is 10.8. The van der Waals surface area contributed by atoms with Gasteiger partial charge in [-0.05, 0) is 59.9 Å². The molecular weight excluding hydrogens is 431 g/mol.